The molecule has 1 fully saturated rings. The lowest BCUT2D eigenvalue weighted by molar-refractivity contribution is -0.192. The lowest BCUT2D eigenvalue weighted by atomic mass is 9.88. The number of nitrogens with zero attached hydrogens (tertiary/aromatic N) is 1. The summed E-state index contributed by atoms with van der Waals surface area (Å²) in [5.74, 6) is -3.27. The molecule has 0 spiro atoms. The monoisotopic (exact) mass is 514 g/mol. The van der Waals surface area contributed by atoms with E-state index in [2.05, 4.69) is 28.1 Å². The van der Waals surface area contributed by atoms with E-state index in [1.807, 2.05) is 12.1 Å². The molecule has 1 aliphatic carbocycles. The zero-order valence-electron chi connectivity index (χ0n) is 20.4. The minimum absolute atomic E-state index is 0.00140. The number of halogens is 3. The van der Waals surface area contributed by atoms with Crippen LogP contribution in [0.3, 0.4) is 0 Å². The van der Waals surface area contributed by atoms with Gasteiger partial charge in [-0.25, -0.2) is 4.79 Å². The van der Waals surface area contributed by atoms with Gasteiger partial charge in [-0.3, -0.25) is 14.4 Å². The van der Waals surface area contributed by atoms with Crippen molar-refractivity contribution in [1.82, 2.24) is 20.9 Å². The van der Waals surface area contributed by atoms with E-state index in [4.69, 9.17) is 9.90 Å². The third kappa shape index (κ3) is 8.51. The molecule has 0 bridgehead atoms. The molecule has 0 saturated carbocycles. The number of amides is 3. The molecule has 9 nitrogen and oxygen atoms in total. The maximum Gasteiger partial charge on any atom is 0.490 e. The minimum atomic E-state index is -5.08. The average Bonchev–Trinajstić information content (AvgIpc) is 2.99. The van der Waals surface area contributed by atoms with Crippen LogP contribution in [0.2, 0.25) is 0 Å². The zero-order valence-corrected chi connectivity index (χ0v) is 20.4. The molecule has 2 aliphatic rings. The van der Waals surface area contributed by atoms with Gasteiger partial charge < -0.3 is 26.0 Å². The smallest absolute Gasteiger partial charge is 0.475 e. The number of fused-ring (bicyclic) bond motifs is 1. The third-order valence-electron chi connectivity index (χ3n) is 6.20. The highest BCUT2D eigenvalue weighted by molar-refractivity contribution is 5.92. The second kappa shape index (κ2) is 13.2. The van der Waals surface area contributed by atoms with Crippen molar-refractivity contribution in [3.05, 3.63) is 35.4 Å². The van der Waals surface area contributed by atoms with Crippen molar-refractivity contribution in [2.75, 3.05) is 20.1 Å². The van der Waals surface area contributed by atoms with Crippen molar-refractivity contribution >= 4 is 23.7 Å². The summed E-state index contributed by atoms with van der Waals surface area (Å²) in [7, 11) is 1.71. The number of carboxylic acids is 1. The van der Waals surface area contributed by atoms with Crippen LogP contribution in [0.25, 0.3) is 0 Å². The number of aliphatic carboxylic acids is 1. The number of likely N-dealkylation sites (tertiary alicyclic amines) is 1. The molecule has 3 rings (SSSR count). The van der Waals surface area contributed by atoms with Gasteiger partial charge in [-0.15, -0.1) is 0 Å². The quantitative estimate of drug-likeness (QED) is 0.459. The topological polar surface area (TPSA) is 128 Å². The highest BCUT2D eigenvalue weighted by Gasteiger charge is 2.38. The Balaban J connectivity index is 0.000000572. The van der Waals surface area contributed by atoms with Crippen LogP contribution in [0.15, 0.2) is 24.3 Å². The maximum atomic E-state index is 12.9. The fraction of sp³-hybridized carbons (Fsp3) is 0.583. The molecule has 200 valence electrons. The van der Waals surface area contributed by atoms with Crippen molar-refractivity contribution in [2.24, 2.45) is 0 Å². The zero-order chi connectivity index (χ0) is 26.9. The van der Waals surface area contributed by atoms with E-state index in [1.165, 1.54) is 11.1 Å². The molecule has 4 N–H and O–H groups in total. The SMILES string of the molecule is CNC(C)C(=O)NC1CCCCN(CC(=O)NC2CCCc3ccccc32)C1=O.O=C(O)C(F)(F)F. The summed E-state index contributed by atoms with van der Waals surface area (Å²) in [5, 5.41) is 16.0. The number of likely N-dealkylation sites (N-methyl/N-ethyl adjacent to an activating group) is 1. The second-order valence-electron chi connectivity index (χ2n) is 8.84. The number of nitrogens with one attached hydrogen (secondary N) is 3. The van der Waals surface area contributed by atoms with Crippen LogP contribution in [0.4, 0.5) is 13.2 Å². The summed E-state index contributed by atoms with van der Waals surface area (Å²) >= 11 is 0. The number of rotatable bonds is 6. The Hall–Kier alpha value is -3.15. The molecule has 0 aromatic heterocycles. The standard InChI is InChI=1S/C22H32N4O3.C2HF3O2/c1-15(23-2)21(28)25-19-11-5-6-13-26(22(19)29)14-20(27)24-18-12-7-9-16-8-3-4-10-17(16)18;3-2(4,5)1(6)7/h3-4,8,10,15,18-19,23H,5-7,9,11-14H2,1-2H3,(H,24,27)(H,25,28);(H,6,7). The number of hydrogen-bond donors (Lipinski definition) is 4. The first-order valence-corrected chi connectivity index (χ1v) is 11.9. The molecule has 1 aliphatic heterocycles. The van der Waals surface area contributed by atoms with Gasteiger partial charge in [-0.1, -0.05) is 24.3 Å². The van der Waals surface area contributed by atoms with Crippen LogP contribution in [0.1, 0.15) is 56.2 Å². The van der Waals surface area contributed by atoms with Crippen LogP contribution in [-0.2, 0) is 25.6 Å². The lowest BCUT2D eigenvalue weighted by Crippen LogP contribution is -2.53. The van der Waals surface area contributed by atoms with E-state index in [0.717, 1.165) is 32.1 Å². The van der Waals surface area contributed by atoms with E-state index in [0.29, 0.717) is 13.0 Å². The normalized spacial score (nSPS) is 20.7. The van der Waals surface area contributed by atoms with Crippen LogP contribution >= 0.6 is 0 Å². The molecular weight excluding hydrogens is 481 g/mol. The summed E-state index contributed by atoms with van der Waals surface area (Å²) in [6, 6.07) is 7.29. The molecule has 3 atom stereocenters. The van der Waals surface area contributed by atoms with Crippen LogP contribution in [-0.4, -0.2) is 72.1 Å². The molecule has 0 radical (unpaired) electrons. The van der Waals surface area contributed by atoms with Gasteiger partial charge in [-0.05, 0) is 63.6 Å². The summed E-state index contributed by atoms with van der Waals surface area (Å²) < 4.78 is 31.7. The minimum Gasteiger partial charge on any atom is -0.475 e. The van der Waals surface area contributed by atoms with E-state index in [-0.39, 0.29) is 36.3 Å². The van der Waals surface area contributed by atoms with Crippen molar-refractivity contribution < 1.29 is 37.5 Å². The van der Waals surface area contributed by atoms with Gasteiger partial charge in [0.15, 0.2) is 0 Å². The van der Waals surface area contributed by atoms with Gasteiger partial charge in [0.25, 0.3) is 0 Å². The van der Waals surface area contributed by atoms with Gasteiger partial charge in [0.2, 0.25) is 17.7 Å². The predicted octanol–water partition coefficient (Wildman–Crippen LogP) is 1.92. The Morgan fingerprint density at radius 1 is 1.08 bits per heavy atom. The number of benzene rings is 1. The Labute approximate surface area is 207 Å². The number of carbonyl (C=O) groups is 4. The molecule has 12 heteroatoms. The van der Waals surface area contributed by atoms with Gasteiger partial charge >= 0.3 is 12.1 Å². The van der Waals surface area contributed by atoms with Crippen molar-refractivity contribution in [3.63, 3.8) is 0 Å². The van der Waals surface area contributed by atoms with Gasteiger partial charge in [-0.2, -0.15) is 13.2 Å². The Bertz CT molecular complexity index is 941. The fourth-order valence-electron chi connectivity index (χ4n) is 4.14. The third-order valence-corrected chi connectivity index (χ3v) is 6.20. The summed E-state index contributed by atoms with van der Waals surface area (Å²) in [6.07, 6.45) is 0.201. The second-order valence-corrected chi connectivity index (χ2v) is 8.84. The fourth-order valence-corrected chi connectivity index (χ4v) is 4.14. The molecule has 3 unspecified atom stereocenters. The van der Waals surface area contributed by atoms with Gasteiger partial charge in [0.1, 0.15) is 6.04 Å². The summed E-state index contributed by atoms with van der Waals surface area (Å²) in [4.78, 5) is 48.3. The van der Waals surface area contributed by atoms with E-state index < -0.39 is 18.2 Å². The lowest BCUT2D eigenvalue weighted by Gasteiger charge is -2.29. The van der Waals surface area contributed by atoms with Crippen LogP contribution in [0, 0.1) is 0 Å². The van der Waals surface area contributed by atoms with Crippen molar-refractivity contribution in [2.45, 2.75) is 69.8 Å². The first-order valence-electron chi connectivity index (χ1n) is 11.9. The highest BCUT2D eigenvalue weighted by atomic mass is 19.4. The molecule has 1 aromatic rings. The summed E-state index contributed by atoms with van der Waals surface area (Å²) in [6.45, 7) is 2.33. The van der Waals surface area contributed by atoms with Gasteiger partial charge in [0, 0.05) is 6.54 Å². The first kappa shape index (κ1) is 29.1. The van der Waals surface area contributed by atoms with Crippen molar-refractivity contribution in [3.8, 4) is 0 Å². The van der Waals surface area contributed by atoms with E-state index >= 15 is 0 Å². The Kier molecular flexibility index (Phi) is 10.7. The first-order chi connectivity index (χ1) is 16.9. The Morgan fingerprint density at radius 3 is 2.36 bits per heavy atom. The average molecular weight is 515 g/mol. The maximum absolute atomic E-state index is 12.9. The molecule has 1 heterocycles. The molecule has 1 saturated heterocycles. The molecule has 1 aromatic carbocycles. The number of alkyl halides is 3. The number of aryl methyl sites for hydroxylation is 1. The largest absolute Gasteiger partial charge is 0.490 e. The number of hydrogen-bond acceptors (Lipinski definition) is 5. The number of carboxylic acid groups (broad SMARTS) is 1. The molecular formula is C24H33F3N4O5. The van der Waals surface area contributed by atoms with Crippen LogP contribution < -0.4 is 16.0 Å². The summed E-state index contributed by atoms with van der Waals surface area (Å²) in [5.41, 5.74) is 2.47. The van der Waals surface area contributed by atoms with E-state index in [1.54, 1.807) is 18.9 Å². The number of carbonyl (C=O) groups excluding carboxylic acids is 3. The molecule has 3 amide bonds. The van der Waals surface area contributed by atoms with E-state index in [9.17, 15) is 27.6 Å². The predicted molar refractivity (Wildman–Crippen MR) is 125 cm³/mol. The van der Waals surface area contributed by atoms with Crippen molar-refractivity contribution in [1.29, 1.82) is 0 Å². The van der Waals surface area contributed by atoms with Gasteiger partial charge in [0.05, 0.1) is 18.6 Å². The van der Waals surface area contributed by atoms with Crippen LogP contribution in [0.5, 0.6) is 0 Å². The Morgan fingerprint density at radius 2 is 1.72 bits per heavy atom. The molecule has 36 heavy (non-hydrogen) atoms. The highest BCUT2D eigenvalue weighted by Crippen LogP contribution is 2.29.